The van der Waals surface area contributed by atoms with Gasteiger partial charge < -0.3 is 10.0 Å². The molecule has 0 spiro atoms. The maximum absolute atomic E-state index is 9.70. The summed E-state index contributed by atoms with van der Waals surface area (Å²) in [6.45, 7) is 2.10. The van der Waals surface area contributed by atoms with Gasteiger partial charge in [0.05, 0.1) is 12.3 Å². The Morgan fingerprint density at radius 1 is 1.14 bits per heavy atom. The minimum absolute atomic E-state index is 0.0438. The van der Waals surface area contributed by atoms with Crippen LogP contribution in [0.15, 0.2) is 48.7 Å². The standard InChI is InChI=1S/C17H19N3O/c1-3-13-7-9-14(10-8-13)19(2)17-15(12-21)20-11-5-4-6-16(20)18-17/h4-11,21H,3,12H2,1-2H3. The van der Waals surface area contributed by atoms with Gasteiger partial charge in [0.25, 0.3) is 0 Å². The quantitative estimate of drug-likeness (QED) is 0.798. The van der Waals surface area contributed by atoms with E-state index in [9.17, 15) is 5.11 Å². The Hall–Kier alpha value is -2.33. The highest BCUT2D eigenvalue weighted by atomic mass is 16.3. The van der Waals surface area contributed by atoms with Crippen LogP contribution in [0.1, 0.15) is 18.2 Å². The van der Waals surface area contributed by atoms with Crippen molar-refractivity contribution in [2.75, 3.05) is 11.9 Å². The van der Waals surface area contributed by atoms with Gasteiger partial charge in [0.2, 0.25) is 0 Å². The van der Waals surface area contributed by atoms with Crippen LogP contribution in [0.5, 0.6) is 0 Å². The van der Waals surface area contributed by atoms with Crippen molar-refractivity contribution in [2.45, 2.75) is 20.0 Å². The van der Waals surface area contributed by atoms with Gasteiger partial charge in [0.15, 0.2) is 5.82 Å². The Morgan fingerprint density at radius 3 is 2.57 bits per heavy atom. The molecule has 0 aliphatic carbocycles. The molecule has 0 unspecified atom stereocenters. The Kier molecular flexibility index (Phi) is 3.62. The smallest absolute Gasteiger partial charge is 0.157 e. The van der Waals surface area contributed by atoms with Gasteiger partial charge in [-0.3, -0.25) is 4.40 Å². The summed E-state index contributed by atoms with van der Waals surface area (Å²) in [5.41, 5.74) is 4.01. The Bertz CT molecular complexity index is 746. The highest BCUT2D eigenvalue weighted by molar-refractivity contribution is 5.65. The molecule has 0 saturated carbocycles. The van der Waals surface area contributed by atoms with Crippen LogP contribution in [-0.2, 0) is 13.0 Å². The predicted octanol–water partition coefficient (Wildman–Crippen LogP) is 3.16. The lowest BCUT2D eigenvalue weighted by Crippen LogP contribution is -2.12. The molecule has 0 saturated heterocycles. The molecular weight excluding hydrogens is 262 g/mol. The molecule has 0 atom stereocenters. The maximum Gasteiger partial charge on any atom is 0.157 e. The number of hydrogen-bond acceptors (Lipinski definition) is 3. The minimum atomic E-state index is -0.0438. The summed E-state index contributed by atoms with van der Waals surface area (Å²) < 4.78 is 1.92. The summed E-state index contributed by atoms with van der Waals surface area (Å²) >= 11 is 0. The first kappa shape index (κ1) is 13.6. The van der Waals surface area contributed by atoms with Gasteiger partial charge in [-0.2, -0.15) is 0 Å². The second-order valence-electron chi connectivity index (χ2n) is 5.05. The zero-order valence-corrected chi connectivity index (χ0v) is 12.3. The predicted molar refractivity (Wildman–Crippen MR) is 85.0 cm³/mol. The van der Waals surface area contributed by atoms with Crippen molar-refractivity contribution in [3.63, 3.8) is 0 Å². The number of nitrogens with zero attached hydrogens (tertiary/aromatic N) is 3. The fourth-order valence-electron chi connectivity index (χ4n) is 2.53. The van der Waals surface area contributed by atoms with Crippen LogP contribution in [0.3, 0.4) is 0 Å². The van der Waals surface area contributed by atoms with Gasteiger partial charge in [-0.15, -0.1) is 0 Å². The van der Waals surface area contributed by atoms with Crippen molar-refractivity contribution in [1.29, 1.82) is 0 Å². The first-order valence-corrected chi connectivity index (χ1v) is 7.14. The molecule has 3 rings (SSSR count). The molecule has 0 amide bonds. The van der Waals surface area contributed by atoms with Gasteiger partial charge in [-0.25, -0.2) is 4.98 Å². The van der Waals surface area contributed by atoms with E-state index in [1.165, 1.54) is 5.56 Å². The first-order valence-electron chi connectivity index (χ1n) is 7.14. The Balaban J connectivity index is 2.05. The second-order valence-corrected chi connectivity index (χ2v) is 5.05. The molecular formula is C17H19N3O. The zero-order chi connectivity index (χ0) is 14.8. The van der Waals surface area contributed by atoms with E-state index in [2.05, 4.69) is 36.2 Å². The summed E-state index contributed by atoms with van der Waals surface area (Å²) in [6, 6.07) is 14.3. The van der Waals surface area contributed by atoms with E-state index in [1.54, 1.807) is 0 Å². The third-order valence-corrected chi connectivity index (χ3v) is 3.81. The number of benzene rings is 1. The summed E-state index contributed by atoms with van der Waals surface area (Å²) in [5, 5.41) is 9.70. The number of rotatable bonds is 4. The zero-order valence-electron chi connectivity index (χ0n) is 12.3. The number of imidazole rings is 1. The van der Waals surface area contributed by atoms with Crippen molar-refractivity contribution >= 4 is 17.2 Å². The molecule has 0 fully saturated rings. The van der Waals surface area contributed by atoms with E-state index in [1.807, 2.05) is 40.7 Å². The number of aliphatic hydroxyl groups excluding tert-OH is 1. The van der Waals surface area contributed by atoms with E-state index in [-0.39, 0.29) is 6.61 Å². The molecule has 2 heterocycles. The summed E-state index contributed by atoms with van der Waals surface area (Å²) in [6.07, 6.45) is 2.95. The van der Waals surface area contributed by atoms with E-state index < -0.39 is 0 Å². The average Bonchev–Trinajstić information content (AvgIpc) is 2.92. The number of hydrogen-bond donors (Lipinski definition) is 1. The van der Waals surface area contributed by atoms with Crippen molar-refractivity contribution < 1.29 is 5.11 Å². The third kappa shape index (κ3) is 2.38. The lowest BCUT2D eigenvalue weighted by molar-refractivity contribution is 0.276. The van der Waals surface area contributed by atoms with E-state index in [0.717, 1.165) is 29.3 Å². The topological polar surface area (TPSA) is 40.8 Å². The molecule has 0 aliphatic heterocycles. The highest BCUT2D eigenvalue weighted by Gasteiger charge is 2.15. The van der Waals surface area contributed by atoms with Crippen LogP contribution in [-0.4, -0.2) is 21.5 Å². The van der Waals surface area contributed by atoms with E-state index in [0.29, 0.717) is 0 Å². The summed E-state index contributed by atoms with van der Waals surface area (Å²) in [7, 11) is 1.97. The Morgan fingerprint density at radius 2 is 1.90 bits per heavy atom. The molecule has 0 aliphatic rings. The number of aryl methyl sites for hydroxylation is 1. The lowest BCUT2D eigenvalue weighted by atomic mass is 10.1. The minimum Gasteiger partial charge on any atom is -0.390 e. The van der Waals surface area contributed by atoms with Gasteiger partial charge >= 0.3 is 0 Å². The van der Waals surface area contributed by atoms with Crippen molar-refractivity contribution in [3.05, 3.63) is 59.9 Å². The molecule has 0 bridgehead atoms. The fraction of sp³-hybridized carbons (Fsp3) is 0.235. The molecule has 1 aromatic carbocycles. The van der Waals surface area contributed by atoms with Crippen LogP contribution in [0, 0.1) is 0 Å². The molecule has 21 heavy (non-hydrogen) atoms. The highest BCUT2D eigenvalue weighted by Crippen LogP contribution is 2.27. The van der Waals surface area contributed by atoms with Crippen LogP contribution < -0.4 is 4.90 Å². The maximum atomic E-state index is 9.70. The summed E-state index contributed by atoms with van der Waals surface area (Å²) in [5.74, 6) is 0.785. The van der Waals surface area contributed by atoms with Crippen LogP contribution >= 0.6 is 0 Å². The number of aromatic nitrogens is 2. The number of anilines is 2. The van der Waals surface area contributed by atoms with Gasteiger partial charge in [-0.1, -0.05) is 25.1 Å². The molecule has 1 N–H and O–H groups in total. The molecule has 3 aromatic rings. The number of fused-ring (bicyclic) bond motifs is 1. The van der Waals surface area contributed by atoms with Gasteiger partial charge in [0, 0.05) is 18.9 Å². The van der Waals surface area contributed by atoms with Crippen LogP contribution in [0.4, 0.5) is 11.5 Å². The lowest BCUT2D eigenvalue weighted by Gasteiger charge is -2.18. The van der Waals surface area contributed by atoms with E-state index in [4.69, 9.17) is 0 Å². The van der Waals surface area contributed by atoms with Gasteiger partial charge in [-0.05, 0) is 36.2 Å². The van der Waals surface area contributed by atoms with Crippen LogP contribution in [0.25, 0.3) is 5.65 Å². The molecule has 4 nitrogen and oxygen atoms in total. The van der Waals surface area contributed by atoms with Crippen molar-refractivity contribution in [2.24, 2.45) is 0 Å². The van der Waals surface area contributed by atoms with Crippen LogP contribution in [0.2, 0.25) is 0 Å². The van der Waals surface area contributed by atoms with Crippen molar-refractivity contribution in [1.82, 2.24) is 9.38 Å². The number of pyridine rings is 1. The second kappa shape index (κ2) is 5.58. The SMILES string of the molecule is CCc1ccc(N(C)c2nc3ccccn3c2CO)cc1. The summed E-state index contributed by atoms with van der Waals surface area (Å²) in [4.78, 5) is 6.64. The normalized spacial score (nSPS) is 11.0. The first-order chi connectivity index (χ1) is 10.2. The number of aliphatic hydroxyl groups is 1. The molecule has 4 heteroatoms. The third-order valence-electron chi connectivity index (χ3n) is 3.81. The fourth-order valence-corrected chi connectivity index (χ4v) is 2.53. The monoisotopic (exact) mass is 281 g/mol. The largest absolute Gasteiger partial charge is 0.390 e. The molecule has 108 valence electrons. The Labute approximate surface area is 124 Å². The van der Waals surface area contributed by atoms with Crippen molar-refractivity contribution in [3.8, 4) is 0 Å². The molecule has 2 aromatic heterocycles. The van der Waals surface area contributed by atoms with Gasteiger partial charge in [0.1, 0.15) is 5.65 Å². The molecule has 0 radical (unpaired) electrons. The average molecular weight is 281 g/mol. The van der Waals surface area contributed by atoms with E-state index >= 15 is 0 Å².